The SMILES string of the molecule is O=C1NC(=S)N(c2ccc(Cl)cc2)C(=O)[C@H]1C=Nc1ccc(O)cc1. The zero-order chi connectivity index (χ0) is 18.0. The third-order valence-corrected chi connectivity index (χ3v) is 4.05. The van der Waals surface area contributed by atoms with Gasteiger partial charge in [-0.2, -0.15) is 0 Å². The Labute approximate surface area is 153 Å². The Bertz CT molecular complexity index is 866. The number of benzene rings is 2. The fourth-order valence-corrected chi connectivity index (χ4v) is 2.68. The van der Waals surface area contributed by atoms with Crippen molar-refractivity contribution in [3.8, 4) is 5.75 Å². The van der Waals surface area contributed by atoms with Gasteiger partial charge in [-0.15, -0.1) is 0 Å². The van der Waals surface area contributed by atoms with Gasteiger partial charge in [0.15, 0.2) is 11.0 Å². The number of nitrogens with zero attached hydrogens (tertiary/aromatic N) is 2. The molecule has 0 unspecified atom stereocenters. The molecular weight excluding hydrogens is 362 g/mol. The van der Waals surface area contributed by atoms with Crippen LogP contribution in [-0.4, -0.2) is 28.2 Å². The van der Waals surface area contributed by atoms with Gasteiger partial charge in [0.25, 0.3) is 5.91 Å². The fourth-order valence-electron chi connectivity index (χ4n) is 2.26. The van der Waals surface area contributed by atoms with E-state index in [0.29, 0.717) is 16.4 Å². The summed E-state index contributed by atoms with van der Waals surface area (Å²) in [4.78, 5) is 30.2. The van der Waals surface area contributed by atoms with Crippen molar-refractivity contribution in [3.05, 3.63) is 53.6 Å². The van der Waals surface area contributed by atoms with E-state index in [1.165, 1.54) is 23.2 Å². The van der Waals surface area contributed by atoms with Crippen LogP contribution >= 0.6 is 23.8 Å². The average molecular weight is 374 g/mol. The van der Waals surface area contributed by atoms with Gasteiger partial charge < -0.3 is 10.4 Å². The molecule has 8 heteroatoms. The predicted octanol–water partition coefficient (Wildman–Crippen LogP) is 2.81. The van der Waals surface area contributed by atoms with Crippen LogP contribution in [0, 0.1) is 5.92 Å². The van der Waals surface area contributed by atoms with Gasteiger partial charge in [0.2, 0.25) is 5.91 Å². The van der Waals surface area contributed by atoms with Gasteiger partial charge in [0.05, 0.1) is 11.4 Å². The normalized spacial score (nSPS) is 17.9. The Balaban J connectivity index is 1.87. The van der Waals surface area contributed by atoms with Crippen molar-refractivity contribution in [2.24, 2.45) is 10.9 Å². The van der Waals surface area contributed by atoms with Crippen LogP contribution in [0.3, 0.4) is 0 Å². The minimum absolute atomic E-state index is 0.00612. The van der Waals surface area contributed by atoms with Gasteiger partial charge in [-0.25, -0.2) is 0 Å². The van der Waals surface area contributed by atoms with Crippen LogP contribution < -0.4 is 10.2 Å². The number of hydrogen-bond acceptors (Lipinski definition) is 5. The highest BCUT2D eigenvalue weighted by molar-refractivity contribution is 7.80. The Hall–Kier alpha value is -2.77. The van der Waals surface area contributed by atoms with Gasteiger partial charge in [-0.05, 0) is 60.7 Å². The van der Waals surface area contributed by atoms with E-state index in [2.05, 4.69) is 10.3 Å². The first-order valence-electron chi connectivity index (χ1n) is 7.23. The largest absolute Gasteiger partial charge is 0.508 e. The number of carbonyl (C=O) groups excluding carboxylic acids is 2. The number of phenolic OH excluding ortho intramolecular Hbond substituents is 1. The van der Waals surface area contributed by atoms with Crippen molar-refractivity contribution in [3.63, 3.8) is 0 Å². The Morgan fingerprint density at radius 3 is 2.40 bits per heavy atom. The van der Waals surface area contributed by atoms with E-state index < -0.39 is 17.7 Å². The van der Waals surface area contributed by atoms with Crippen LogP contribution in [-0.2, 0) is 9.59 Å². The first-order valence-corrected chi connectivity index (χ1v) is 8.02. The maximum atomic E-state index is 12.7. The molecule has 1 fully saturated rings. The minimum Gasteiger partial charge on any atom is -0.508 e. The van der Waals surface area contributed by atoms with Crippen LogP contribution in [0.2, 0.25) is 5.02 Å². The molecule has 0 bridgehead atoms. The van der Waals surface area contributed by atoms with Gasteiger partial charge >= 0.3 is 0 Å². The lowest BCUT2D eigenvalue weighted by Gasteiger charge is -2.30. The molecule has 0 aromatic heterocycles. The van der Waals surface area contributed by atoms with E-state index in [4.69, 9.17) is 23.8 Å². The molecule has 1 aliphatic rings. The Morgan fingerprint density at radius 1 is 1.12 bits per heavy atom. The summed E-state index contributed by atoms with van der Waals surface area (Å²) in [6, 6.07) is 12.6. The van der Waals surface area contributed by atoms with Gasteiger partial charge in [-0.3, -0.25) is 19.5 Å². The monoisotopic (exact) mass is 373 g/mol. The molecule has 0 spiro atoms. The van der Waals surface area contributed by atoms with Crippen molar-refractivity contribution >= 4 is 58.3 Å². The second-order valence-corrected chi connectivity index (χ2v) is 6.04. The number of nitrogens with one attached hydrogen (secondary N) is 1. The first-order chi connectivity index (χ1) is 12.0. The third-order valence-electron chi connectivity index (χ3n) is 3.51. The summed E-state index contributed by atoms with van der Waals surface area (Å²) in [5, 5.41) is 12.3. The summed E-state index contributed by atoms with van der Waals surface area (Å²) in [5.74, 6) is -2.05. The lowest BCUT2D eigenvalue weighted by molar-refractivity contribution is -0.130. The predicted molar refractivity (Wildman–Crippen MR) is 99.4 cm³/mol. The van der Waals surface area contributed by atoms with E-state index in [-0.39, 0.29) is 10.9 Å². The second kappa shape index (κ2) is 7.00. The topological polar surface area (TPSA) is 82.0 Å². The van der Waals surface area contributed by atoms with Gasteiger partial charge in [0, 0.05) is 11.2 Å². The van der Waals surface area contributed by atoms with Crippen molar-refractivity contribution in [1.82, 2.24) is 5.32 Å². The van der Waals surface area contributed by atoms with Gasteiger partial charge in [-0.1, -0.05) is 11.6 Å². The molecule has 1 saturated heterocycles. The minimum atomic E-state index is -1.11. The summed E-state index contributed by atoms with van der Waals surface area (Å²) in [6.07, 6.45) is 1.26. The van der Waals surface area contributed by atoms with Crippen molar-refractivity contribution in [2.75, 3.05) is 4.90 Å². The third kappa shape index (κ3) is 3.67. The molecule has 126 valence electrons. The summed E-state index contributed by atoms with van der Waals surface area (Å²) < 4.78 is 0. The fraction of sp³-hybridized carbons (Fsp3) is 0.0588. The summed E-state index contributed by atoms with van der Waals surface area (Å²) in [5.41, 5.74) is 1.01. The van der Waals surface area contributed by atoms with E-state index in [1.807, 2.05) is 0 Å². The smallest absolute Gasteiger partial charge is 0.251 e. The maximum absolute atomic E-state index is 12.7. The molecular formula is C17H12ClN3O3S. The highest BCUT2D eigenvalue weighted by Crippen LogP contribution is 2.23. The molecule has 2 N–H and O–H groups in total. The molecule has 1 atom stereocenters. The molecule has 2 amide bonds. The number of phenols is 1. The molecule has 2 aromatic rings. The molecule has 2 aromatic carbocycles. The molecule has 3 rings (SSSR count). The molecule has 6 nitrogen and oxygen atoms in total. The number of aliphatic imine (C=N–C) groups is 1. The molecule has 0 radical (unpaired) electrons. The van der Waals surface area contributed by atoms with Crippen molar-refractivity contribution in [2.45, 2.75) is 0 Å². The number of hydrogen-bond donors (Lipinski definition) is 2. The van der Waals surface area contributed by atoms with E-state index >= 15 is 0 Å². The summed E-state index contributed by atoms with van der Waals surface area (Å²) in [7, 11) is 0. The van der Waals surface area contributed by atoms with Crippen LogP contribution in [0.1, 0.15) is 0 Å². The van der Waals surface area contributed by atoms with E-state index in [0.717, 1.165) is 0 Å². The number of thiocarbonyl (C=S) groups is 1. The number of anilines is 1. The molecule has 0 saturated carbocycles. The number of carbonyl (C=O) groups is 2. The van der Waals surface area contributed by atoms with Gasteiger partial charge in [0.1, 0.15) is 5.75 Å². The zero-order valence-electron chi connectivity index (χ0n) is 12.7. The molecule has 0 aliphatic carbocycles. The van der Waals surface area contributed by atoms with Crippen LogP contribution in [0.15, 0.2) is 53.5 Å². The zero-order valence-corrected chi connectivity index (χ0v) is 14.3. The molecule has 1 heterocycles. The number of amides is 2. The van der Waals surface area contributed by atoms with E-state index in [9.17, 15) is 14.7 Å². The summed E-state index contributed by atoms with van der Waals surface area (Å²) >= 11 is 11.0. The lowest BCUT2D eigenvalue weighted by Crippen LogP contribution is -2.58. The van der Waals surface area contributed by atoms with Crippen LogP contribution in [0.5, 0.6) is 5.75 Å². The highest BCUT2D eigenvalue weighted by Gasteiger charge is 2.38. The van der Waals surface area contributed by atoms with Crippen molar-refractivity contribution < 1.29 is 14.7 Å². The quantitative estimate of drug-likeness (QED) is 0.492. The number of rotatable bonds is 3. The molecule has 1 aliphatic heterocycles. The lowest BCUT2D eigenvalue weighted by atomic mass is 10.1. The standard InChI is InChI=1S/C17H12ClN3O3S/c18-10-1-5-12(6-2-10)21-16(24)14(15(23)20-17(21)25)9-19-11-3-7-13(22)8-4-11/h1-9,14,22H,(H,20,23,25)/t14-/m0/s1. The first kappa shape index (κ1) is 17.1. The maximum Gasteiger partial charge on any atom is 0.251 e. The average Bonchev–Trinajstić information content (AvgIpc) is 2.57. The molecule has 25 heavy (non-hydrogen) atoms. The van der Waals surface area contributed by atoms with Crippen molar-refractivity contribution in [1.29, 1.82) is 0 Å². The number of aromatic hydroxyl groups is 1. The highest BCUT2D eigenvalue weighted by atomic mass is 35.5. The van der Waals surface area contributed by atoms with Crippen LogP contribution in [0.4, 0.5) is 11.4 Å². The van der Waals surface area contributed by atoms with Crippen LogP contribution in [0.25, 0.3) is 0 Å². The second-order valence-electron chi connectivity index (χ2n) is 5.22. The Kier molecular flexibility index (Phi) is 4.78. The summed E-state index contributed by atoms with van der Waals surface area (Å²) in [6.45, 7) is 0. The van der Waals surface area contributed by atoms with E-state index in [1.54, 1.807) is 36.4 Å². The number of halogens is 1. The Morgan fingerprint density at radius 2 is 1.76 bits per heavy atom.